The van der Waals surface area contributed by atoms with Gasteiger partial charge in [0.05, 0.1) is 13.3 Å². The fourth-order valence-electron chi connectivity index (χ4n) is 4.47. The maximum atomic E-state index is 12.7. The third kappa shape index (κ3) is 6.88. The number of carbonyl (C=O) groups is 2. The molecule has 0 saturated carbocycles. The van der Waals surface area contributed by atoms with E-state index in [9.17, 15) is 9.59 Å². The number of carbonyl (C=O) groups excluding carboxylic acids is 2. The molecule has 3 atom stereocenters. The molecule has 33 heavy (non-hydrogen) atoms. The van der Waals surface area contributed by atoms with Crippen molar-refractivity contribution in [2.24, 2.45) is 23.7 Å². The number of ether oxygens (including phenoxy) is 1. The van der Waals surface area contributed by atoms with Crippen molar-refractivity contribution in [3.8, 4) is 5.75 Å². The van der Waals surface area contributed by atoms with Gasteiger partial charge in [-0.1, -0.05) is 37.6 Å². The fourth-order valence-corrected chi connectivity index (χ4v) is 4.47. The van der Waals surface area contributed by atoms with Crippen LogP contribution in [0.15, 0.2) is 54.5 Å². The van der Waals surface area contributed by atoms with E-state index in [1.54, 1.807) is 13.3 Å². The van der Waals surface area contributed by atoms with Gasteiger partial charge in [0.2, 0.25) is 5.91 Å². The predicted octanol–water partition coefficient (Wildman–Crippen LogP) is 3.78. The number of amides is 2. The summed E-state index contributed by atoms with van der Waals surface area (Å²) in [6, 6.07) is 7.71. The van der Waals surface area contributed by atoms with Crippen molar-refractivity contribution in [3.05, 3.63) is 65.8 Å². The first kappa shape index (κ1) is 24.4. The summed E-state index contributed by atoms with van der Waals surface area (Å²) in [5, 5.41) is 6.04. The van der Waals surface area contributed by atoms with E-state index in [4.69, 9.17) is 4.74 Å². The Morgan fingerprint density at radius 3 is 2.55 bits per heavy atom. The Labute approximate surface area is 196 Å². The SMILES string of the molecule is COc1ccc(CNC(=O)CC2CC(C(C)C)C(CNC(=O)c3cnccn3)C=C2C)cc1. The van der Waals surface area contributed by atoms with E-state index in [0.29, 0.717) is 37.0 Å². The van der Waals surface area contributed by atoms with Crippen LogP contribution in [0.1, 0.15) is 49.7 Å². The Bertz CT molecular complexity index is 957. The van der Waals surface area contributed by atoms with Gasteiger partial charge < -0.3 is 15.4 Å². The summed E-state index contributed by atoms with van der Waals surface area (Å²) in [6.07, 6.45) is 8.18. The van der Waals surface area contributed by atoms with Crippen LogP contribution in [0.5, 0.6) is 5.75 Å². The summed E-state index contributed by atoms with van der Waals surface area (Å²) in [4.78, 5) is 33.1. The molecule has 176 valence electrons. The largest absolute Gasteiger partial charge is 0.497 e. The number of hydrogen-bond acceptors (Lipinski definition) is 5. The lowest BCUT2D eigenvalue weighted by molar-refractivity contribution is -0.122. The van der Waals surface area contributed by atoms with Crippen LogP contribution in [-0.2, 0) is 11.3 Å². The van der Waals surface area contributed by atoms with Crippen LogP contribution in [0.2, 0.25) is 0 Å². The molecule has 3 unspecified atom stereocenters. The highest BCUT2D eigenvalue weighted by atomic mass is 16.5. The number of hydrogen-bond donors (Lipinski definition) is 2. The number of methoxy groups -OCH3 is 1. The molecule has 0 radical (unpaired) electrons. The molecule has 0 saturated heterocycles. The van der Waals surface area contributed by atoms with Gasteiger partial charge in [0, 0.05) is 31.9 Å². The lowest BCUT2D eigenvalue weighted by atomic mass is 9.69. The molecule has 2 N–H and O–H groups in total. The molecule has 0 spiro atoms. The van der Waals surface area contributed by atoms with Crippen LogP contribution >= 0.6 is 0 Å². The minimum absolute atomic E-state index is 0.0560. The molecule has 1 aromatic carbocycles. The maximum absolute atomic E-state index is 12.7. The zero-order valence-electron chi connectivity index (χ0n) is 19.9. The smallest absolute Gasteiger partial charge is 0.271 e. The van der Waals surface area contributed by atoms with Crippen LogP contribution in [0.3, 0.4) is 0 Å². The van der Waals surface area contributed by atoms with Gasteiger partial charge in [-0.05, 0) is 54.7 Å². The molecule has 0 bridgehead atoms. The summed E-state index contributed by atoms with van der Waals surface area (Å²) in [7, 11) is 1.64. The highest BCUT2D eigenvalue weighted by Gasteiger charge is 2.32. The maximum Gasteiger partial charge on any atom is 0.271 e. The molecule has 1 aromatic heterocycles. The van der Waals surface area contributed by atoms with E-state index in [0.717, 1.165) is 17.7 Å². The Balaban J connectivity index is 1.56. The summed E-state index contributed by atoms with van der Waals surface area (Å²) < 4.78 is 5.18. The highest BCUT2D eigenvalue weighted by molar-refractivity contribution is 5.91. The molecule has 7 nitrogen and oxygen atoms in total. The molecule has 3 rings (SSSR count). The third-order valence-electron chi connectivity index (χ3n) is 6.46. The lowest BCUT2D eigenvalue weighted by Crippen LogP contribution is -2.38. The molecule has 7 heteroatoms. The van der Waals surface area contributed by atoms with Crippen molar-refractivity contribution < 1.29 is 14.3 Å². The van der Waals surface area contributed by atoms with Crippen molar-refractivity contribution in [2.45, 2.75) is 40.2 Å². The van der Waals surface area contributed by atoms with Crippen molar-refractivity contribution in [1.29, 1.82) is 0 Å². The topological polar surface area (TPSA) is 93.2 Å². The van der Waals surface area contributed by atoms with Crippen LogP contribution in [0.4, 0.5) is 0 Å². The van der Waals surface area contributed by atoms with Crippen molar-refractivity contribution in [3.63, 3.8) is 0 Å². The van der Waals surface area contributed by atoms with E-state index in [1.165, 1.54) is 18.0 Å². The van der Waals surface area contributed by atoms with Crippen molar-refractivity contribution in [1.82, 2.24) is 20.6 Å². The van der Waals surface area contributed by atoms with E-state index >= 15 is 0 Å². The number of aromatic nitrogens is 2. The van der Waals surface area contributed by atoms with Crippen molar-refractivity contribution in [2.75, 3.05) is 13.7 Å². The number of rotatable bonds is 9. The molecule has 0 fully saturated rings. The van der Waals surface area contributed by atoms with E-state index in [-0.39, 0.29) is 23.7 Å². The lowest BCUT2D eigenvalue weighted by Gasteiger charge is -2.37. The second-order valence-electron chi connectivity index (χ2n) is 9.04. The average molecular weight is 451 g/mol. The van der Waals surface area contributed by atoms with E-state index in [2.05, 4.69) is 47.4 Å². The molecule has 2 aromatic rings. The van der Waals surface area contributed by atoms with E-state index < -0.39 is 0 Å². The molecule has 1 heterocycles. The van der Waals surface area contributed by atoms with Gasteiger partial charge in [-0.3, -0.25) is 14.6 Å². The summed E-state index contributed by atoms with van der Waals surface area (Å²) >= 11 is 0. The monoisotopic (exact) mass is 450 g/mol. The zero-order chi connectivity index (χ0) is 23.8. The Kier molecular flexibility index (Phi) is 8.58. The third-order valence-corrected chi connectivity index (χ3v) is 6.46. The van der Waals surface area contributed by atoms with Gasteiger partial charge in [-0.15, -0.1) is 0 Å². The minimum atomic E-state index is -0.211. The van der Waals surface area contributed by atoms with Gasteiger partial charge in [-0.2, -0.15) is 0 Å². The second kappa shape index (κ2) is 11.6. The number of nitrogens with one attached hydrogen (secondary N) is 2. The standard InChI is InChI=1S/C26H34N4O3/c1-17(2)23-12-20(13-25(31)29-14-19-5-7-22(33-4)8-6-19)18(3)11-21(23)15-30-26(32)24-16-27-9-10-28-24/h5-11,16-17,20-21,23H,12-15H2,1-4H3,(H,29,31)(H,30,32). The van der Waals surface area contributed by atoms with Gasteiger partial charge >= 0.3 is 0 Å². The number of benzene rings is 1. The first-order chi connectivity index (χ1) is 15.9. The first-order valence-corrected chi connectivity index (χ1v) is 11.5. The summed E-state index contributed by atoms with van der Waals surface area (Å²) in [5.74, 6) is 1.91. The quantitative estimate of drug-likeness (QED) is 0.567. The Morgan fingerprint density at radius 2 is 1.91 bits per heavy atom. The molecule has 2 amide bonds. The van der Waals surface area contributed by atoms with Crippen LogP contribution in [0.25, 0.3) is 0 Å². The van der Waals surface area contributed by atoms with Crippen LogP contribution < -0.4 is 15.4 Å². The Hall–Kier alpha value is -3.22. The van der Waals surface area contributed by atoms with Crippen LogP contribution in [0, 0.1) is 23.7 Å². The van der Waals surface area contributed by atoms with Gasteiger partial charge in [0.15, 0.2) is 0 Å². The number of allylic oxidation sites excluding steroid dienone is 1. The summed E-state index contributed by atoms with van der Waals surface area (Å²) in [5.41, 5.74) is 2.57. The zero-order valence-corrected chi connectivity index (χ0v) is 19.9. The molecular formula is C26H34N4O3. The van der Waals surface area contributed by atoms with Crippen LogP contribution in [-0.4, -0.2) is 35.4 Å². The fraction of sp³-hybridized carbons (Fsp3) is 0.462. The second-order valence-corrected chi connectivity index (χ2v) is 9.04. The van der Waals surface area contributed by atoms with Crippen molar-refractivity contribution >= 4 is 11.8 Å². The molecule has 1 aliphatic rings. The van der Waals surface area contributed by atoms with E-state index in [1.807, 2.05) is 24.3 Å². The minimum Gasteiger partial charge on any atom is -0.497 e. The molecular weight excluding hydrogens is 416 g/mol. The molecule has 0 aliphatic heterocycles. The molecule has 1 aliphatic carbocycles. The average Bonchev–Trinajstić information content (AvgIpc) is 2.83. The van der Waals surface area contributed by atoms with Gasteiger partial charge in [-0.25, -0.2) is 4.98 Å². The summed E-state index contributed by atoms with van der Waals surface area (Å²) in [6.45, 7) is 7.55. The van der Waals surface area contributed by atoms with Gasteiger partial charge in [0.1, 0.15) is 11.4 Å². The van der Waals surface area contributed by atoms with Gasteiger partial charge in [0.25, 0.3) is 5.91 Å². The highest BCUT2D eigenvalue weighted by Crippen LogP contribution is 2.38. The first-order valence-electron chi connectivity index (χ1n) is 11.5. The Morgan fingerprint density at radius 1 is 1.15 bits per heavy atom. The normalized spacial score (nSPS) is 20.2. The predicted molar refractivity (Wildman–Crippen MR) is 128 cm³/mol. The number of nitrogens with zero attached hydrogens (tertiary/aromatic N) is 2.